The first-order chi connectivity index (χ1) is 9.85. The summed E-state index contributed by atoms with van der Waals surface area (Å²) in [5.74, 6) is 2.17. The molecule has 6 heteroatoms. The summed E-state index contributed by atoms with van der Waals surface area (Å²) < 4.78 is 26.6. The molecule has 112 valence electrons. The van der Waals surface area contributed by atoms with Crippen LogP contribution in [0, 0.1) is 0 Å². The van der Waals surface area contributed by atoms with Crippen molar-refractivity contribution in [3.63, 3.8) is 0 Å². The second-order valence-electron chi connectivity index (χ2n) is 4.32. The smallest absolute Gasteiger partial charge is 0.231 e. The van der Waals surface area contributed by atoms with Crippen LogP contribution in [0.5, 0.6) is 17.2 Å². The molecule has 0 amide bonds. The first-order valence-corrected chi connectivity index (χ1v) is 6.67. The van der Waals surface area contributed by atoms with E-state index in [2.05, 4.69) is 0 Å². The molecule has 0 aliphatic carbocycles. The van der Waals surface area contributed by atoms with E-state index in [-0.39, 0.29) is 6.79 Å². The van der Waals surface area contributed by atoms with E-state index in [9.17, 15) is 0 Å². The summed E-state index contributed by atoms with van der Waals surface area (Å²) in [6.45, 7) is 3.08. The van der Waals surface area contributed by atoms with Crippen LogP contribution >= 0.6 is 0 Å². The zero-order valence-electron chi connectivity index (χ0n) is 11.7. The molecule has 1 aliphatic rings. The summed E-state index contributed by atoms with van der Waals surface area (Å²) >= 11 is 0. The van der Waals surface area contributed by atoms with Gasteiger partial charge >= 0.3 is 0 Å². The molecule has 6 nitrogen and oxygen atoms in total. The maximum absolute atomic E-state index is 5.73. The quantitative estimate of drug-likeness (QED) is 0.689. The van der Waals surface area contributed by atoms with E-state index in [1.165, 1.54) is 0 Å². The van der Waals surface area contributed by atoms with Crippen LogP contribution < -0.4 is 19.9 Å². The lowest BCUT2D eigenvalue weighted by Crippen LogP contribution is -2.08. The van der Waals surface area contributed by atoms with Gasteiger partial charge in [0.1, 0.15) is 5.75 Å². The van der Waals surface area contributed by atoms with Gasteiger partial charge in [-0.05, 0) is 6.07 Å². The van der Waals surface area contributed by atoms with Crippen LogP contribution in [-0.2, 0) is 16.0 Å². The van der Waals surface area contributed by atoms with Gasteiger partial charge in [-0.3, -0.25) is 0 Å². The summed E-state index contributed by atoms with van der Waals surface area (Å²) in [6, 6.07) is 3.70. The normalized spacial score (nSPS) is 12.7. The molecule has 0 bridgehead atoms. The molecule has 0 radical (unpaired) electrons. The van der Waals surface area contributed by atoms with E-state index in [0.717, 1.165) is 23.5 Å². The molecule has 1 aromatic carbocycles. The number of methoxy groups -OCH3 is 1. The minimum Gasteiger partial charge on any atom is -0.493 e. The third-order valence-corrected chi connectivity index (χ3v) is 2.90. The van der Waals surface area contributed by atoms with Gasteiger partial charge in [0, 0.05) is 38.3 Å². The Labute approximate surface area is 118 Å². The maximum Gasteiger partial charge on any atom is 0.231 e. The van der Waals surface area contributed by atoms with Crippen molar-refractivity contribution in [2.45, 2.75) is 13.0 Å². The van der Waals surface area contributed by atoms with Crippen LogP contribution in [0.2, 0.25) is 0 Å². The molecule has 20 heavy (non-hydrogen) atoms. The Hall–Kier alpha value is -1.50. The monoisotopic (exact) mass is 283 g/mol. The van der Waals surface area contributed by atoms with Gasteiger partial charge in [-0.2, -0.15) is 0 Å². The Bertz CT molecular complexity index is 424. The van der Waals surface area contributed by atoms with E-state index >= 15 is 0 Å². The van der Waals surface area contributed by atoms with E-state index < -0.39 is 0 Å². The number of ether oxygens (including phenoxy) is 5. The molecular formula is C14H21NO5. The van der Waals surface area contributed by atoms with Crippen molar-refractivity contribution in [3.8, 4) is 17.2 Å². The van der Waals surface area contributed by atoms with Gasteiger partial charge in [0.2, 0.25) is 6.79 Å². The van der Waals surface area contributed by atoms with E-state index in [1.54, 1.807) is 7.11 Å². The maximum atomic E-state index is 5.73. The predicted molar refractivity (Wildman–Crippen MR) is 73.3 cm³/mol. The Morgan fingerprint density at radius 2 is 1.90 bits per heavy atom. The molecular weight excluding hydrogens is 262 g/mol. The highest BCUT2D eigenvalue weighted by molar-refractivity contribution is 5.51. The molecule has 2 N–H and O–H groups in total. The zero-order valence-corrected chi connectivity index (χ0v) is 11.7. The second kappa shape index (κ2) is 7.94. The average Bonchev–Trinajstić information content (AvgIpc) is 2.92. The molecule has 0 fully saturated rings. The number of hydrogen-bond donors (Lipinski definition) is 1. The largest absolute Gasteiger partial charge is 0.493 e. The van der Waals surface area contributed by atoms with Crippen LogP contribution in [0.15, 0.2) is 12.1 Å². The third-order valence-electron chi connectivity index (χ3n) is 2.90. The number of benzene rings is 1. The molecule has 1 aromatic rings. The average molecular weight is 283 g/mol. The Kier molecular flexibility index (Phi) is 5.91. The number of rotatable bonds is 9. The molecule has 0 saturated heterocycles. The fraction of sp³-hybridized carbons (Fsp3) is 0.571. The van der Waals surface area contributed by atoms with Crippen LogP contribution in [0.3, 0.4) is 0 Å². The highest BCUT2D eigenvalue weighted by Crippen LogP contribution is 2.38. The molecule has 1 aliphatic heterocycles. The molecule has 0 saturated carbocycles. The third kappa shape index (κ3) is 4.00. The highest BCUT2D eigenvalue weighted by atomic mass is 16.7. The van der Waals surface area contributed by atoms with Crippen LogP contribution in [0.1, 0.15) is 12.0 Å². The van der Waals surface area contributed by atoms with Gasteiger partial charge in [-0.15, -0.1) is 0 Å². The lowest BCUT2D eigenvalue weighted by Gasteiger charge is -2.11. The summed E-state index contributed by atoms with van der Waals surface area (Å²) in [4.78, 5) is 0. The van der Waals surface area contributed by atoms with Crippen molar-refractivity contribution in [1.29, 1.82) is 0 Å². The predicted octanol–water partition coefficient (Wildman–Crippen LogP) is 1.31. The van der Waals surface area contributed by atoms with Crippen LogP contribution in [-0.4, -0.2) is 40.3 Å². The van der Waals surface area contributed by atoms with Crippen LogP contribution in [0.4, 0.5) is 0 Å². The Morgan fingerprint density at radius 3 is 2.65 bits per heavy atom. The summed E-state index contributed by atoms with van der Waals surface area (Å²) in [5.41, 5.74) is 6.63. The lowest BCUT2D eigenvalue weighted by molar-refractivity contribution is 0.0644. The van der Waals surface area contributed by atoms with Gasteiger partial charge in [-0.25, -0.2) is 0 Å². The van der Waals surface area contributed by atoms with Crippen molar-refractivity contribution < 1.29 is 23.7 Å². The summed E-state index contributed by atoms with van der Waals surface area (Å²) in [7, 11) is 1.65. The van der Waals surface area contributed by atoms with Crippen LogP contribution in [0.25, 0.3) is 0 Å². The van der Waals surface area contributed by atoms with Crippen molar-refractivity contribution in [1.82, 2.24) is 0 Å². The first-order valence-electron chi connectivity index (χ1n) is 6.67. The zero-order chi connectivity index (χ0) is 14.2. The van der Waals surface area contributed by atoms with Gasteiger partial charge in [0.15, 0.2) is 11.5 Å². The second-order valence-corrected chi connectivity index (χ2v) is 4.32. The fourth-order valence-electron chi connectivity index (χ4n) is 1.85. The summed E-state index contributed by atoms with van der Waals surface area (Å²) in [5, 5.41) is 0. The minimum atomic E-state index is 0.246. The molecule has 0 aromatic heterocycles. The van der Waals surface area contributed by atoms with Crippen molar-refractivity contribution >= 4 is 0 Å². The minimum absolute atomic E-state index is 0.246. The Morgan fingerprint density at radius 1 is 1.10 bits per heavy atom. The standard InChI is InChI=1S/C14H21NO5/c1-16-5-6-17-3-2-4-18-12-8-14-13(19-10-20-14)7-11(12)9-15/h7-8H,2-6,9-10,15H2,1H3. The van der Waals surface area contributed by atoms with Crippen molar-refractivity contribution in [2.24, 2.45) is 5.73 Å². The van der Waals surface area contributed by atoms with Gasteiger partial charge in [-0.1, -0.05) is 0 Å². The van der Waals surface area contributed by atoms with Crippen molar-refractivity contribution in [3.05, 3.63) is 17.7 Å². The lowest BCUT2D eigenvalue weighted by atomic mass is 10.2. The molecule has 2 rings (SSSR count). The van der Waals surface area contributed by atoms with E-state index in [1.807, 2.05) is 12.1 Å². The van der Waals surface area contributed by atoms with E-state index in [0.29, 0.717) is 38.7 Å². The van der Waals surface area contributed by atoms with E-state index in [4.69, 9.17) is 29.4 Å². The van der Waals surface area contributed by atoms with Gasteiger partial charge in [0.05, 0.1) is 19.8 Å². The molecule has 1 heterocycles. The Balaban J connectivity index is 1.77. The SMILES string of the molecule is COCCOCCCOc1cc2c(cc1CN)OCO2. The van der Waals surface area contributed by atoms with Crippen molar-refractivity contribution in [2.75, 3.05) is 40.3 Å². The topological polar surface area (TPSA) is 72.2 Å². The molecule has 0 unspecified atom stereocenters. The number of hydrogen-bond acceptors (Lipinski definition) is 6. The molecule has 0 atom stereocenters. The van der Waals surface area contributed by atoms with Gasteiger partial charge in [0.25, 0.3) is 0 Å². The summed E-state index contributed by atoms with van der Waals surface area (Å²) in [6.07, 6.45) is 0.808. The highest BCUT2D eigenvalue weighted by Gasteiger charge is 2.17. The number of fused-ring (bicyclic) bond motifs is 1. The first kappa shape index (κ1) is 14.9. The van der Waals surface area contributed by atoms with Gasteiger partial charge < -0.3 is 29.4 Å². The fourth-order valence-corrected chi connectivity index (χ4v) is 1.85. The molecule has 0 spiro atoms. The number of nitrogens with two attached hydrogens (primary N) is 1.